The maximum Gasteiger partial charge on any atom is 0.0459 e. The molecule has 0 saturated heterocycles. The van der Waals surface area contributed by atoms with E-state index in [0.717, 1.165) is 17.3 Å². The number of benzene rings is 1. The van der Waals surface area contributed by atoms with Crippen LogP contribution in [-0.4, -0.2) is 4.98 Å². The number of unbranched alkanes of at least 4 members (excludes halogenated alkanes) is 1. The van der Waals surface area contributed by atoms with E-state index in [1.54, 1.807) is 0 Å². The molecule has 2 rings (SSSR count). The Morgan fingerprint density at radius 2 is 2.06 bits per heavy atom. The maximum absolute atomic E-state index is 3.53. The van der Waals surface area contributed by atoms with Gasteiger partial charge in [0.2, 0.25) is 0 Å². The summed E-state index contributed by atoms with van der Waals surface area (Å²) in [5.41, 5.74) is 3.94. The number of H-pyrrole nitrogens is 1. The van der Waals surface area contributed by atoms with Crippen LogP contribution in [-0.2, 0) is 0 Å². The highest BCUT2D eigenvalue weighted by molar-refractivity contribution is 9.10. The predicted molar refractivity (Wildman–Crippen MR) is 83.8 cm³/mol. The topological polar surface area (TPSA) is 15.8 Å². The number of hydrogen-bond donors (Lipinski definition) is 1. The second-order valence-corrected chi connectivity index (χ2v) is 5.60. The molecule has 0 unspecified atom stereocenters. The molecule has 0 fully saturated rings. The Morgan fingerprint density at radius 3 is 2.78 bits per heavy atom. The molecule has 0 aliphatic carbocycles. The molecule has 0 spiro atoms. The van der Waals surface area contributed by atoms with Crippen molar-refractivity contribution in [1.29, 1.82) is 0 Å². The van der Waals surface area contributed by atoms with Gasteiger partial charge in [0.15, 0.2) is 0 Å². The van der Waals surface area contributed by atoms with E-state index in [4.69, 9.17) is 0 Å². The van der Waals surface area contributed by atoms with Gasteiger partial charge in [-0.1, -0.05) is 48.7 Å². The Balaban J connectivity index is 2.38. The second-order valence-electron chi connectivity index (χ2n) is 4.68. The highest BCUT2D eigenvalue weighted by atomic mass is 79.9. The van der Waals surface area contributed by atoms with Crippen LogP contribution in [0.3, 0.4) is 0 Å². The van der Waals surface area contributed by atoms with E-state index in [9.17, 15) is 0 Å². The third-order valence-corrected chi connectivity index (χ3v) is 3.62. The smallest absolute Gasteiger partial charge is 0.0459 e. The van der Waals surface area contributed by atoms with Crippen LogP contribution in [0.25, 0.3) is 16.5 Å². The highest BCUT2D eigenvalue weighted by Crippen LogP contribution is 2.26. The van der Waals surface area contributed by atoms with Gasteiger partial charge in [0.25, 0.3) is 0 Å². The molecule has 2 heteroatoms. The van der Waals surface area contributed by atoms with E-state index in [-0.39, 0.29) is 0 Å². The van der Waals surface area contributed by atoms with Gasteiger partial charge in [-0.25, -0.2) is 0 Å². The summed E-state index contributed by atoms with van der Waals surface area (Å²) in [4.78, 5) is 3.53. The second kappa shape index (κ2) is 6.24. The summed E-state index contributed by atoms with van der Waals surface area (Å²) in [6, 6.07) is 8.64. The van der Waals surface area contributed by atoms with Crippen LogP contribution in [0.2, 0.25) is 0 Å². The molecule has 0 saturated carbocycles. The fourth-order valence-corrected chi connectivity index (χ4v) is 2.59. The van der Waals surface area contributed by atoms with Gasteiger partial charge in [0.1, 0.15) is 0 Å². The summed E-state index contributed by atoms with van der Waals surface area (Å²) in [5, 5.41) is 1.28. The van der Waals surface area contributed by atoms with Gasteiger partial charge >= 0.3 is 0 Å². The van der Waals surface area contributed by atoms with E-state index < -0.39 is 0 Å². The van der Waals surface area contributed by atoms with E-state index >= 15 is 0 Å². The Hall–Kier alpha value is -1.02. The van der Waals surface area contributed by atoms with Crippen molar-refractivity contribution in [1.82, 2.24) is 4.98 Å². The lowest BCUT2D eigenvalue weighted by Gasteiger charge is -2.03. The molecule has 0 amide bonds. The minimum Gasteiger partial charge on any atom is -0.355 e. The molecule has 1 N–H and O–H groups in total. The molecule has 1 aromatic heterocycles. The van der Waals surface area contributed by atoms with Crippen molar-refractivity contribution >= 4 is 32.4 Å². The summed E-state index contributed by atoms with van der Waals surface area (Å²) in [6.45, 7) is 4.46. The molecular weight excluding hydrogens is 286 g/mol. The number of hydrogen-bond acceptors (Lipinski definition) is 0. The minimum absolute atomic E-state index is 1.13. The molecule has 1 heterocycles. The monoisotopic (exact) mass is 305 g/mol. The lowest BCUT2D eigenvalue weighted by atomic mass is 10.1. The van der Waals surface area contributed by atoms with Crippen LogP contribution in [0.1, 0.15) is 45.2 Å². The third kappa shape index (κ3) is 3.05. The Bertz CT molecular complexity index is 551. The molecule has 0 aliphatic rings. The van der Waals surface area contributed by atoms with Crippen molar-refractivity contribution in [2.75, 3.05) is 0 Å². The number of halogens is 1. The summed E-state index contributed by atoms with van der Waals surface area (Å²) in [6.07, 6.45) is 7.08. The zero-order valence-electron chi connectivity index (χ0n) is 11.1. The largest absolute Gasteiger partial charge is 0.355 e. The normalized spacial score (nSPS) is 12.3. The minimum atomic E-state index is 1.13. The molecule has 0 aliphatic heterocycles. The first-order chi connectivity index (χ1) is 8.74. The first kappa shape index (κ1) is 13.4. The number of fused-ring (bicyclic) bond motifs is 1. The van der Waals surface area contributed by atoms with Crippen molar-refractivity contribution in [3.8, 4) is 0 Å². The van der Waals surface area contributed by atoms with Gasteiger partial charge in [-0.2, -0.15) is 0 Å². The van der Waals surface area contributed by atoms with Crippen molar-refractivity contribution in [2.45, 2.75) is 39.5 Å². The van der Waals surface area contributed by atoms with Gasteiger partial charge in [0, 0.05) is 21.1 Å². The van der Waals surface area contributed by atoms with Crippen molar-refractivity contribution in [2.24, 2.45) is 0 Å². The first-order valence-corrected chi connectivity index (χ1v) is 7.51. The van der Waals surface area contributed by atoms with Crippen LogP contribution < -0.4 is 0 Å². The van der Waals surface area contributed by atoms with Gasteiger partial charge in [0.05, 0.1) is 0 Å². The zero-order valence-corrected chi connectivity index (χ0v) is 12.7. The lowest BCUT2D eigenvalue weighted by Crippen LogP contribution is -1.84. The fourth-order valence-electron chi connectivity index (χ4n) is 2.21. The first-order valence-electron chi connectivity index (χ1n) is 6.72. The number of aromatic amines is 1. The number of nitrogens with one attached hydrogen (secondary N) is 1. The summed E-state index contributed by atoms with van der Waals surface area (Å²) in [7, 11) is 0. The van der Waals surface area contributed by atoms with E-state index in [2.05, 4.69) is 65.1 Å². The van der Waals surface area contributed by atoms with Gasteiger partial charge in [-0.3, -0.25) is 0 Å². The van der Waals surface area contributed by atoms with Crippen molar-refractivity contribution < 1.29 is 0 Å². The van der Waals surface area contributed by atoms with E-state index in [1.165, 1.54) is 35.0 Å². The predicted octanol–water partition coefficient (Wildman–Crippen LogP) is 5.91. The van der Waals surface area contributed by atoms with Gasteiger partial charge in [-0.05, 0) is 42.7 Å². The van der Waals surface area contributed by atoms with Gasteiger partial charge < -0.3 is 4.98 Å². The molecule has 18 heavy (non-hydrogen) atoms. The highest BCUT2D eigenvalue weighted by Gasteiger charge is 2.05. The third-order valence-electron chi connectivity index (χ3n) is 3.13. The summed E-state index contributed by atoms with van der Waals surface area (Å²) >= 11 is 3.52. The molecule has 0 bridgehead atoms. The molecule has 0 radical (unpaired) electrons. The zero-order chi connectivity index (χ0) is 13.0. The SMILES string of the molecule is CCC/C=C(\CCC)c1cc2cc(Br)ccc2[nH]1. The average molecular weight is 306 g/mol. The number of aromatic nitrogens is 1. The summed E-state index contributed by atoms with van der Waals surface area (Å²) in [5.74, 6) is 0. The lowest BCUT2D eigenvalue weighted by molar-refractivity contribution is 0.930. The quantitative estimate of drug-likeness (QED) is 0.706. The molecule has 0 atom stereocenters. The molecule has 1 aromatic carbocycles. The van der Waals surface area contributed by atoms with E-state index in [0.29, 0.717) is 0 Å². The van der Waals surface area contributed by atoms with Gasteiger partial charge in [-0.15, -0.1) is 0 Å². The van der Waals surface area contributed by atoms with E-state index in [1.807, 2.05) is 0 Å². The maximum atomic E-state index is 3.53. The van der Waals surface area contributed by atoms with Crippen LogP contribution >= 0.6 is 15.9 Å². The van der Waals surface area contributed by atoms with Crippen molar-refractivity contribution in [3.63, 3.8) is 0 Å². The van der Waals surface area contributed by atoms with Crippen LogP contribution in [0, 0.1) is 0 Å². The summed E-state index contributed by atoms with van der Waals surface area (Å²) < 4.78 is 1.13. The van der Waals surface area contributed by atoms with Crippen LogP contribution in [0.4, 0.5) is 0 Å². The Kier molecular flexibility index (Phi) is 4.65. The Morgan fingerprint density at radius 1 is 1.22 bits per heavy atom. The fraction of sp³-hybridized carbons (Fsp3) is 0.375. The average Bonchev–Trinajstić information content (AvgIpc) is 2.77. The molecule has 2 aromatic rings. The van der Waals surface area contributed by atoms with Crippen molar-refractivity contribution in [3.05, 3.63) is 40.5 Å². The number of allylic oxidation sites excluding steroid dienone is 2. The standard InChI is InChI=1S/C16H20BrN/c1-3-5-7-12(6-4-2)16-11-13-10-14(17)8-9-15(13)18-16/h7-11,18H,3-6H2,1-2H3/b12-7+. The molecular formula is C16H20BrN. The molecule has 1 nitrogen and oxygen atoms in total. The van der Waals surface area contributed by atoms with Crippen LogP contribution in [0.5, 0.6) is 0 Å². The molecule has 96 valence electrons. The number of rotatable bonds is 5. The Labute approximate surface area is 117 Å². The van der Waals surface area contributed by atoms with Crippen LogP contribution in [0.15, 0.2) is 34.8 Å².